The Morgan fingerprint density at radius 2 is 1.58 bits per heavy atom. The third-order valence-corrected chi connectivity index (χ3v) is 8.34. The standard InChI is InChI=1S/C27H28ClFN4O4S/c1-31-14-16-32(17-15-31)27(35)20-6-10-23(11-7-20)30-26(34)19-33(18-21-4-2-3-5-25(21)29)38(36,37)24-12-8-22(28)9-13-24/h2-13H,14-19H2,1H3,(H,30,34). The molecule has 1 fully saturated rings. The van der Waals surface area contributed by atoms with Gasteiger partial charge >= 0.3 is 0 Å². The van der Waals surface area contributed by atoms with E-state index in [9.17, 15) is 22.4 Å². The molecular weight excluding hydrogens is 531 g/mol. The molecule has 3 aromatic rings. The van der Waals surface area contributed by atoms with Gasteiger partial charge in [0.15, 0.2) is 0 Å². The molecule has 1 aliphatic heterocycles. The Kier molecular flexibility index (Phi) is 8.78. The highest BCUT2D eigenvalue weighted by molar-refractivity contribution is 7.89. The van der Waals surface area contributed by atoms with Crippen LogP contribution in [0.3, 0.4) is 0 Å². The smallest absolute Gasteiger partial charge is 0.253 e. The van der Waals surface area contributed by atoms with Gasteiger partial charge in [-0.25, -0.2) is 12.8 Å². The highest BCUT2D eigenvalue weighted by atomic mass is 35.5. The molecule has 4 rings (SSSR count). The average Bonchev–Trinajstić information content (AvgIpc) is 2.90. The normalized spacial score (nSPS) is 14.5. The maximum Gasteiger partial charge on any atom is 0.253 e. The molecule has 38 heavy (non-hydrogen) atoms. The van der Waals surface area contributed by atoms with Gasteiger partial charge in [-0.1, -0.05) is 29.8 Å². The molecule has 0 aliphatic carbocycles. The molecule has 0 saturated carbocycles. The number of hydrogen-bond acceptors (Lipinski definition) is 5. The van der Waals surface area contributed by atoms with Crippen molar-refractivity contribution in [2.45, 2.75) is 11.4 Å². The van der Waals surface area contributed by atoms with E-state index in [4.69, 9.17) is 11.6 Å². The SMILES string of the molecule is CN1CCN(C(=O)c2ccc(NC(=O)CN(Cc3ccccc3F)S(=O)(=O)c3ccc(Cl)cc3)cc2)CC1. The molecule has 11 heteroatoms. The fourth-order valence-corrected chi connectivity index (χ4v) is 5.55. The minimum Gasteiger partial charge on any atom is -0.336 e. The van der Waals surface area contributed by atoms with Crippen LogP contribution in [0.15, 0.2) is 77.7 Å². The molecule has 1 saturated heterocycles. The van der Waals surface area contributed by atoms with Gasteiger partial charge in [-0.05, 0) is 61.6 Å². The van der Waals surface area contributed by atoms with Crippen LogP contribution in [0.5, 0.6) is 0 Å². The molecule has 0 spiro atoms. The lowest BCUT2D eigenvalue weighted by Gasteiger charge is -2.32. The van der Waals surface area contributed by atoms with Crippen LogP contribution < -0.4 is 5.32 Å². The number of nitrogens with one attached hydrogen (secondary N) is 1. The summed E-state index contributed by atoms with van der Waals surface area (Å²) in [6.45, 7) is 2.01. The number of piperazine rings is 1. The van der Waals surface area contributed by atoms with Crippen LogP contribution >= 0.6 is 11.6 Å². The van der Waals surface area contributed by atoms with E-state index in [-0.39, 0.29) is 22.9 Å². The highest BCUT2D eigenvalue weighted by Crippen LogP contribution is 2.22. The van der Waals surface area contributed by atoms with Crippen molar-refractivity contribution < 1.29 is 22.4 Å². The lowest BCUT2D eigenvalue weighted by Crippen LogP contribution is -2.47. The molecule has 1 aliphatic rings. The zero-order valence-electron chi connectivity index (χ0n) is 20.8. The predicted octanol–water partition coefficient (Wildman–Crippen LogP) is 3.70. The quantitative estimate of drug-likeness (QED) is 0.455. The Bertz CT molecular complexity index is 1390. The molecule has 0 atom stereocenters. The fraction of sp³-hybridized carbons (Fsp3) is 0.259. The van der Waals surface area contributed by atoms with Crippen LogP contribution in [0.2, 0.25) is 5.02 Å². The number of hydrogen-bond donors (Lipinski definition) is 1. The number of halogens is 2. The van der Waals surface area contributed by atoms with Gasteiger partial charge in [0.2, 0.25) is 15.9 Å². The maximum atomic E-state index is 14.4. The Morgan fingerprint density at radius 3 is 2.21 bits per heavy atom. The monoisotopic (exact) mass is 558 g/mol. The van der Waals surface area contributed by atoms with Crippen molar-refractivity contribution in [3.63, 3.8) is 0 Å². The number of sulfonamides is 1. The van der Waals surface area contributed by atoms with Crippen LogP contribution in [0.4, 0.5) is 10.1 Å². The van der Waals surface area contributed by atoms with Crippen molar-refractivity contribution >= 4 is 39.1 Å². The lowest BCUT2D eigenvalue weighted by molar-refractivity contribution is -0.116. The van der Waals surface area contributed by atoms with Crippen LogP contribution in [-0.4, -0.2) is 74.1 Å². The Morgan fingerprint density at radius 1 is 0.947 bits per heavy atom. The van der Waals surface area contributed by atoms with Crippen LogP contribution in [0.1, 0.15) is 15.9 Å². The average molecular weight is 559 g/mol. The Hall–Kier alpha value is -3.31. The topological polar surface area (TPSA) is 90.0 Å². The van der Waals surface area contributed by atoms with Crippen molar-refractivity contribution in [3.05, 3.63) is 94.8 Å². The van der Waals surface area contributed by atoms with Crippen molar-refractivity contribution in [2.75, 3.05) is 45.1 Å². The van der Waals surface area contributed by atoms with Crippen molar-refractivity contribution in [1.82, 2.24) is 14.1 Å². The second-order valence-electron chi connectivity index (χ2n) is 9.04. The van der Waals surface area contributed by atoms with E-state index in [0.29, 0.717) is 29.4 Å². The van der Waals surface area contributed by atoms with Gasteiger partial charge in [0.25, 0.3) is 5.91 Å². The molecule has 8 nitrogen and oxygen atoms in total. The summed E-state index contributed by atoms with van der Waals surface area (Å²) in [7, 11) is -2.15. The van der Waals surface area contributed by atoms with Crippen LogP contribution in [0.25, 0.3) is 0 Å². The van der Waals surface area contributed by atoms with Crippen molar-refractivity contribution in [1.29, 1.82) is 0 Å². The van der Waals surface area contributed by atoms with Gasteiger partial charge in [-0.3, -0.25) is 9.59 Å². The second-order valence-corrected chi connectivity index (χ2v) is 11.4. The highest BCUT2D eigenvalue weighted by Gasteiger charge is 2.28. The van der Waals surface area contributed by atoms with Crippen LogP contribution in [0, 0.1) is 5.82 Å². The minimum absolute atomic E-state index is 0.0715. The summed E-state index contributed by atoms with van der Waals surface area (Å²) in [4.78, 5) is 29.5. The minimum atomic E-state index is -4.16. The van der Waals surface area contributed by atoms with Gasteiger partial charge in [-0.15, -0.1) is 0 Å². The summed E-state index contributed by atoms with van der Waals surface area (Å²) >= 11 is 5.90. The van der Waals surface area contributed by atoms with Crippen molar-refractivity contribution in [2.24, 2.45) is 0 Å². The zero-order chi connectivity index (χ0) is 27.3. The first-order chi connectivity index (χ1) is 18.1. The van der Waals surface area contributed by atoms with Gasteiger partial charge in [0.05, 0.1) is 11.4 Å². The molecule has 1 N–H and O–H groups in total. The third-order valence-electron chi connectivity index (χ3n) is 6.28. The molecule has 3 aromatic carbocycles. The van der Waals surface area contributed by atoms with E-state index < -0.39 is 28.3 Å². The number of carbonyl (C=O) groups excluding carboxylic acids is 2. The van der Waals surface area contributed by atoms with E-state index in [1.165, 1.54) is 42.5 Å². The molecule has 0 radical (unpaired) electrons. The van der Waals surface area contributed by atoms with Gasteiger partial charge in [-0.2, -0.15) is 4.31 Å². The summed E-state index contributed by atoms with van der Waals surface area (Å²) in [6.07, 6.45) is 0. The maximum absolute atomic E-state index is 14.4. The largest absolute Gasteiger partial charge is 0.336 e. The second kappa shape index (κ2) is 12.0. The Labute approximate surface area is 226 Å². The number of benzene rings is 3. The summed E-state index contributed by atoms with van der Waals surface area (Å²) in [5, 5.41) is 3.02. The predicted molar refractivity (Wildman–Crippen MR) is 144 cm³/mol. The van der Waals surface area contributed by atoms with Gasteiger partial charge < -0.3 is 15.1 Å². The Balaban J connectivity index is 1.48. The first kappa shape index (κ1) is 27.7. The fourth-order valence-electron chi connectivity index (χ4n) is 4.05. The summed E-state index contributed by atoms with van der Waals surface area (Å²) in [5.41, 5.74) is 1.03. The molecule has 0 bridgehead atoms. The summed E-state index contributed by atoms with van der Waals surface area (Å²) < 4.78 is 42.0. The van der Waals surface area contributed by atoms with Crippen LogP contribution in [-0.2, 0) is 21.4 Å². The van der Waals surface area contributed by atoms with E-state index in [1.54, 1.807) is 35.2 Å². The van der Waals surface area contributed by atoms with E-state index in [0.717, 1.165) is 17.4 Å². The van der Waals surface area contributed by atoms with Gasteiger partial charge in [0.1, 0.15) is 5.82 Å². The molecule has 2 amide bonds. The number of anilines is 1. The molecule has 0 aromatic heterocycles. The number of nitrogens with zero attached hydrogens (tertiary/aromatic N) is 3. The first-order valence-corrected chi connectivity index (χ1v) is 13.8. The number of carbonyl (C=O) groups is 2. The van der Waals surface area contributed by atoms with Gasteiger partial charge in [0, 0.05) is 54.6 Å². The number of likely N-dealkylation sites (N-methyl/N-ethyl adjacent to an activating group) is 1. The first-order valence-electron chi connectivity index (χ1n) is 12.0. The number of rotatable bonds is 8. The molecule has 200 valence electrons. The van der Waals surface area contributed by atoms with E-state index in [1.807, 2.05) is 7.05 Å². The van der Waals surface area contributed by atoms with E-state index >= 15 is 0 Å². The zero-order valence-corrected chi connectivity index (χ0v) is 22.4. The summed E-state index contributed by atoms with van der Waals surface area (Å²) in [5.74, 6) is -1.28. The van der Waals surface area contributed by atoms with Crippen molar-refractivity contribution in [3.8, 4) is 0 Å². The summed E-state index contributed by atoms with van der Waals surface area (Å²) in [6, 6.07) is 17.8. The molecule has 1 heterocycles. The molecule has 0 unspecified atom stereocenters. The third kappa shape index (κ3) is 6.76. The lowest BCUT2D eigenvalue weighted by atomic mass is 10.1. The molecular formula is C27H28ClFN4O4S. The van der Waals surface area contributed by atoms with E-state index in [2.05, 4.69) is 10.2 Å². The number of amides is 2.